The number of aliphatic imine (C=N–C) groups is 1. The maximum absolute atomic E-state index is 13.1. The lowest BCUT2D eigenvalue weighted by Crippen LogP contribution is -2.14. The van der Waals surface area contributed by atoms with E-state index in [9.17, 15) is 19.1 Å². The number of ether oxygens (including phenoxy) is 2. The Bertz CT molecular complexity index is 1460. The number of thioether (sulfide) groups is 1. The molecule has 0 spiro atoms. The van der Waals surface area contributed by atoms with Crippen LogP contribution in [0.15, 0.2) is 92.4 Å². The molecule has 0 bridgehead atoms. The highest BCUT2D eigenvalue weighted by Crippen LogP contribution is 2.40. The van der Waals surface area contributed by atoms with Crippen LogP contribution in [-0.4, -0.2) is 28.6 Å². The average Bonchev–Trinajstić information content (AvgIpc) is 3.19. The van der Waals surface area contributed by atoms with Crippen molar-refractivity contribution in [3.05, 3.63) is 116 Å². The van der Waals surface area contributed by atoms with Gasteiger partial charge in [0.05, 0.1) is 16.0 Å². The summed E-state index contributed by atoms with van der Waals surface area (Å²) >= 11 is 4.50. The number of halogens is 2. The van der Waals surface area contributed by atoms with Crippen molar-refractivity contribution in [2.75, 3.05) is 6.61 Å². The first-order valence-electron chi connectivity index (χ1n) is 11.6. The van der Waals surface area contributed by atoms with E-state index in [-0.39, 0.29) is 35.4 Å². The summed E-state index contributed by atoms with van der Waals surface area (Å²) in [5, 5.41) is 11.0. The highest BCUT2D eigenvalue weighted by atomic mass is 79.9. The van der Waals surface area contributed by atoms with Gasteiger partial charge in [0.1, 0.15) is 34.5 Å². The van der Waals surface area contributed by atoms with Gasteiger partial charge in [-0.2, -0.15) is 0 Å². The van der Waals surface area contributed by atoms with Crippen molar-refractivity contribution in [3.8, 4) is 5.75 Å². The fourth-order valence-electron chi connectivity index (χ4n) is 3.46. The molecule has 0 saturated heterocycles. The fourth-order valence-corrected chi connectivity index (χ4v) is 4.99. The number of aryl methyl sites for hydroxylation is 1. The van der Waals surface area contributed by atoms with E-state index >= 15 is 0 Å². The molecule has 4 rings (SSSR count). The van der Waals surface area contributed by atoms with Crippen LogP contribution in [0.5, 0.6) is 5.75 Å². The van der Waals surface area contributed by atoms with Gasteiger partial charge in [0, 0.05) is 5.56 Å². The minimum absolute atomic E-state index is 0.0658. The number of nitrogens with zero attached hydrogens (tertiary/aromatic N) is 1. The minimum Gasteiger partial charge on any atom is -0.506 e. The van der Waals surface area contributed by atoms with Gasteiger partial charge in [-0.05, 0) is 83.4 Å². The van der Waals surface area contributed by atoms with E-state index in [2.05, 4.69) is 20.9 Å². The Morgan fingerprint density at radius 2 is 1.79 bits per heavy atom. The van der Waals surface area contributed by atoms with Gasteiger partial charge >= 0.3 is 5.97 Å². The van der Waals surface area contributed by atoms with Gasteiger partial charge in [0.25, 0.3) is 5.91 Å². The van der Waals surface area contributed by atoms with E-state index in [1.165, 1.54) is 12.1 Å². The summed E-state index contributed by atoms with van der Waals surface area (Å²) in [6.45, 7) is 3.92. The summed E-state index contributed by atoms with van der Waals surface area (Å²) in [5.74, 6) is -1.34. The molecule has 194 valence electrons. The number of rotatable bonds is 7. The highest BCUT2D eigenvalue weighted by Gasteiger charge is 2.34. The number of aliphatic hydroxyl groups excluding tert-OH is 1. The summed E-state index contributed by atoms with van der Waals surface area (Å²) in [6, 6.07) is 18.3. The molecule has 1 heterocycles. The van der Waals surface area contributed by atoms with Crippen molar-refractivity contribution in [1.82, 2.24) is 0 Å². The number of benzene rings is 3. The number of hydrogen-bond donors (Lipinski definition) is 1. The van der Waals surface area contributed by atoms with Gasteiger partial charge in [-0.1, -0.05) is 47.7 Å². The lowest BCUT2D eigenvalue weighted by molar-refractivity contribution is -0.138. The lowest BCUT2D eigenvalue weighted by Gasteiger charge is -2.09. The van der Waals surface area contributed by atoms with E-state index in [1.807, 2.05) is 6.92 Å². The van der Waals surface area contributed by atoms with E-state index in [0.29, 0.717) is 26.3 Å². The molecule has 0 aliphatic carbocycles. The van der Waals surface area contributed by atoms with Crippen LogP contribution >= 0.6 is 27.7 Å². The van der Waals surface area contributed by atoms with E-state index in [4.69, 9.17) is 9.47 Å². The summed E-state index contributed by atoms with van der Waals surface area (Å²) in [7, 11) is 0. The first-order valence-corrected chi connectivity index (χ1v) is 13.2. The lowest BCUT2D eigenvalue weighted by atomic mass is 10.1. The number of carbonyl (C=O) groups excluding carboxylic acids is 2. The van der Waals surface area contributed by atoms with Crippen molar-refractivity contribution in [2.45, 2.75) is 20.5 Å². The minimum atomic E-state index is -0.762. The van der Waals surface area contributed by atoms with Crippen LogP contribution in [0.25, 0.3) is 6.08 Å². The van der Waals surface area contributed by atoms with Crippen LogP contribution in [-0.2, 0) is 16.1 Å². The maximum Gasteiger partial charge on any atom is 0.344 e. The monoisotopic (exact) mass is 595 g/mol. The molecule has 1 amide bonds. The van der Waals surface area contributed by atoms with Crippen LogP contribution in [0.4, 0.5) is 4.39 Å². The maximum atomic E-state index is 13.1. The fraction of sp³-hybridized carbons (Fsp3) is 0.138. The largest absolute Gasteiger partial charge is 0.506 e. The molecule has 0 unspecified atom stereocenters. The zero-order chi connectivity index (χ0) is 27.2. The number of amides is 1. The number of carbonyl (C=O) groups is 2. The van der Waals surface area contributed by atoms with Crippen LogP contribution in [0, 0.1) is 12.7 Å². The molecule has 6 nitrogen and oxygen atoms in total. The van der Waals surface area contributed by atoms with Gasteiger partial charge in [-0.3, -0.25) is 4.79 Å². The summed E-state index contributed by atoms with van der Waals surface area (Å²) < 4.78 is 24.7. The predicted molar refractivity (Wildman–Crippen MR) is 150 cm³/mol. The summed E-state index contributed by atoms with van der Waals surface area (Å²) in [5.41, 5.74) is 2.73. The molecular weight excluding hydrogens is 573 g/mol. The molecule has 0 saturated carbocycles. The Morgan fingerprint density at radius 3 is 2.45 bits per heavy atom. The topological polar surface area (TPSA) is 85.2 Å². The Hall–Kier alpha value is -3.69. The van der Waals surface area contributed by atoms with Crippen molar-refractivity contribution in [2.24, 2.45) is 4.99 Å². The molecule has 3 aromatic rings. The molecule has 1 aliphatic rings. The average molecular weight is 596 g/mol. The number of esters is 1. The van der Waals surface area contributed by atoms with Crippen molar-refractivity contribution < 1.29 is 28.6 Å². The van der Waals surface area contributed by atoms with Gasteiger partial charge in [0.2, 0.25) is 0 Å². The second-order valence-corrected chi connectivity index (χ2v) is 10.1. The Balaban J connectivity index is 1.58. The van der Waals surface area contributed by atoms with Crippen LogP contribution in [0.2, 0.25) is 0 Å². The van der Waals surface area contributed by atoms with Crippen LogP contribution in [0.3, 0.4) is 0 Å². The van der Waals surface area contributed by atoms with Crippen LogP contribution < -0.4 is 4.74 Å². The molecule has 0 atom stereocenters. The van der Waals surface area contributed by atoms with Gasteiger partial charge in [-0.15, -0.1) is 0 Å². The van der Waals surface area contributed by atoms with E-state index < -0.39 is 11.9 Å². The smallest absolute Gasteiger partial charge is 0.344 e. The quantitative estimate of drug-likeness (QED) is 0.291. The first-order chi connectivity index (χ1) is 18.2. The van der Waals surface area contributed by atoms with Gasteiger partial charge in [-0.25, -0.2) is 14.2 Å². The van der Waals surface area contributed by atoms with Crippen molar-refractivity contribution in [3.63, 3.8) is 0 Å². The third-order valence-corrected chi connectivity index (χ3v) is 7.07. The van der Waals surface area contributed by atoms with E-state index in [0.717, 1.165) is 22.9 Å². The molecule has 0 radical (unpaired) electrons. The zero-order valence-electron chi connectivity index (χ0n) is 20.5. The third kappa shape index (κ3) is 6.59. The normalized spacial score (nSPS) is 15.3. The molecule has 1 N–H and O–H groups in total. The Kier molecular flexibility index (Phi) is 8.81. The number of aliphatic hydroxyl groups is 1. The molecule has 0 fully saturated rings. The highest BCUT2D eigenvalue weighted by molar-refractivity contribution is 9.10. The number of hydrogen-bond acceptors (Lipinski definition) is 6. The molecule has 0 aromatic heterocycles. The first kappa shape index (κ1) is 27.3. The van der Waals surface area contributed by atoms with Gasteiger partial charge in [0.15, 0.2) is 0 Å². The molecule has 38 heavy (non-hydrogen) atoms. The second-order valence-electron chi connectivity index (χ2n) is 8.25. The third-order valence-electron chi connectivity index (χ3n) is 5.43. The molecular formula is C29H23BrFNO5S. The standard InChI is InChI=1S/C29H23BrFNO5S/c1-3-36-29(35)25-26(33)24(38-28(25)32-27(34)20-9-4-17(2)5-10-20)15-19-8-13-23(22(30)14-19)37-16-18-6-11-21(31)12-7-18/h4-15,33H,3,16H2,1-2H3/b24-15-,32-28?. The predicted octanol–water partition coefficient (Wildman–Crippen LogP) is 7.18. The van der Waals surface area contributed by atoms with Gasteiger partial charge < -0.3 is 14.6 Å². The molecule has 1 aliphatic heterocycles. The molecule has 3 aromatic carbocycles. The van der Waals surface area contributed by atoms with Crippen molar-refractivity contribution in [1.29, 1.82) is 0 Å². The SMILES string of the molecule is CCOC(=O)C1=C(O)/C(=C/c2ccc(OCc3ccc(F)cc3)c(Br)c2)SC1=NC(=O)c1ccc(C)cc1. The van der Waals surface area contributed by atoms with Crippen molar-refractivity contribution >= 4 is 50.7 Å². The Labute approximate surface area is 232 Å². The Morgan fingerprint density at radius 1 is 1.08 bits per heavy atom. The summed E-state index contributed by atoms with van der Waals surface area (Å²) in [4.78, 5) is 29.8. The zero-order valence-corrected chi connectivity index (χ0v) is 22.9. The summed E-state index contributed by atoms with van der Waals surface area (Å²) in [6.07, 6.45) is 1.67. The van der Waals surface area contributed by atoms with Crippen LogP contribution in [0.1, 0.15) is 34.0 Å². The second kappa shape index (κ2) is 12.2. The molecule has 9 heteroatoms. The van der Waals surface area contributed by atoms with E-state index in [1.54, 1.807) is 67.6 Å².